The van der Waals surface area contributed by atoms with Crippen LogP contribution in [0.2, 0.25) is 0 Å². The van der Waals surface area contributed by atoms with Crippen LogP contribution in [-0.2, 0) is 26.2 Å². The Hall–Kier alpha value is -2.38. The lowest BCUT2D eigenvalue weighted by atomic mass is 10.2. The molecular formula is C17H26N4O4. The van der Waals surface area contributed by atoms with E-state index in [-0.39, 0.29) is 12.5 Å². The van der Waals surface area contributed by atoms with E-state index in [1.165, 1.54) is 11.8 Å². The molecule has 0 radical (unpaired) electrons. The first-order chi connectivity index (χ1) is 11.8. The topological polar surface area (TPSA) is 93.5 Å². The van der Waals surface area contributed by atoms with Crippen molar-refractivity contribution in [2.45, 2.75) is 52.6 Å². The molecule has 8 nitrogen and oxygen atoms in total. The Morgan fingerprint density at radius 1 is 1.28 bits per heavy atom. The number of aromatic nitrogens is 2. The zero-order valence-electron chi connectivity index (χ0n) is 15.3. The number of carbonyl (C=O) groups excluding carboxylic acids is 3. The summed E-state index contributed by atoms with van der Waals surface area (Å²) < 4.78 is 6.86. The van der Waals surface area contributed by atoms with Crippen LogP contribution in [0.25, 0.3) is 0 Å². The molecule has 1 aromatic rings. The number of nitrogens with one attached hydrogen (secondary N) is 1. The summed E-state index contributed by atoms with van der Waals surface area (Å²) in [6.07, 6.45) is 2.23. The SMILES string of the molecule is Cc1nn(C)c(C)c1NC(=O)C(C)OC(=O)CN1CCCCCC1=O. The number of esters is 1. The van der Waals surface area contributed by atoms with E-state index in [9.17, 15) is 14.4 Å². The van der Waals surface area contributed by atoms with Gasteiger partial charge in [-0.25, -0.2) is 0 Å². The molecule has 0 spiro atoms. The van der Waals surface area contributed by atoms with Crippen LogP contribution in [0.3, 0.4) is 0 Å². The van der Waals surface area contributed by atoms with Crippen molar-refractivity contribution in [2.24, 2.45) is 7.05 Å². The minimum atomic E-state index is -0.950. The molecule has 2 heterocycles. The number of rotatable bonds is 5. The van der Waals surface area contributed by atoms with Gasteiger partial charge in [0.15, 0.2) is 6.10 Å². The van der Waals surface area contributed by atoms with Crippen molar-refractivity contribution in [1.29, 1.82) is 0 Å². The number of ether oxygens (including phenoxy) is 1. The standard InChI is InChI=1S/C17H26N4O4/c1-11-16(12(2)20(4)19-11)18-17(24)13(3)25-15(23)10-21-9-7-5-6-8-14(21)22/h13H,5-10H2,1-4H3,(H,18,24). The summed E-state index contributed by atoms with van der Waals surface area (Å²) in [7, 11) is 1.79. The first-order valence-electron chi connectivity index (χ1n) is 8.58. The molecule has 1 aliphatic rings. The van der Waals surface area contributed by atoms with Crippen LogP contribution in [-0.4, -0.2) is 51.7 Å². The Morgan fingerprint density at radius 2 is 2.00 bits per heavy atom. The number of carbonyl (C=O) groups is 3. The second kappa shape index (κ2) is 8.13. The molecule has 0 saturated carbocycles. The van der Waals surface area contributed by atoms with E-state index >= 15 is 0 Å². The Balaban J connectivity index is 1.89. The number of aryl methyl sites for hydroxylation is 2. The molecule has 0 aliphatic carbocycles. The summed E-state index contributed by atoms with van der Waals surface area (Å²) in [5.74, 6) is -1.03. The fourth-order valence-corrected chi connectivity index (χ4v) is 2.83. The fraction of sp³-hybridized carbons (Fsp3) is 0.647. The smallest absolute Gasteiger partial charge is 0.326 e. The van der Waals surface area contributed by atoms with Crippen LogP contribution in [0.1, 0.15) is 44.0 Å². The molecule has 1 N–H and O–H groups in total. The van der Waals surface area contributed by atoms with Gasteiger partial charge >= 0.3 is 5.97 Å². The summed E-state index contributed by atoms with van der Waals surface area (Å²) in [6, 6.07) is 0. The lowest BCUT2D eigenvalue weighted by molar-refractivity contribution is -0.156. The molecule has 1 saturated heterocycles. The molecule has 0 bridgehead atoms. The third-order valence-electron chi connectivity index (χ3n) is 4.43. The van der Waals surface area contributed by atoms with Gasteiger partial charge in [0.05, 0.1) is 17.1 Å². The lowest BCUT2D eigenvalue weighted by Gasteiger charge is -2.20. The Morgan fingerprint density at radius 3 is 2.64 bits per heavy atom. The zero-order valence-corrected chi connectivity index (χ0v) is 15.3. The fourth-order valence-electron chi connectivity index (χ4n) is 2.83. The largest absolute Gasteiger partial charge is 0.451 e. The second-order valence-corrected chi connectivity index (χ2v) is 6.42. The van der Waals surface area contributed by atoms with Gasteiger partial charge in [-0.15, -0.1) is 0 Å². The molecule has 138 valence electrons. The van der Waals surface area contributed by atoms with Crippen LogP contribution in [0.5, 0.6) is 0 Å². The van der Waals surface area contributed by atoms with Crippen LogP contribution in [0, 0.1) is 13.8 Å². The molecule has 1 aliphatic heterocycles. The summed E-state index contributed by atoms with van der Waals surface area (Å²) in [5.41, 5.74) is 2.14. The number of nitrogens with zero attached hydrogens (tertiary/aromatic N) is 3. The average molecular weight is 350 g/mol. The summed E-state index contributed by atoms with van der Waals surface area (Å²) in [6.45, 7) is 5.60. The molecule has 2 rings (SSSR count). The van der Waals surface area contributed by atoms with Crippen LogP contribution < -0.4 is 5.32 Å². The highest BCUT2D eigenvalue weighted by Gasteiger charge is 2.24. The highest BCUT2D eigenvalue weighted by atomic mass is 16.5. The van der Waals surface area contributed by atoms with Gasteiger partial charge in [0, 0.05) is 20.0 Å². The van der Waals surface area contributed by atoms with Gasteiger partial charge in [0.1, 0.15) is 6.54 Å². The molecule has 2 amide bonds. The number of hydrogen-bond donors (Lipinski definition) is 1. The highest BCUT2D eigenvalue weighted by molar-refractivity contribution is 5.96. The average Bonchev–Trinajstić information content (AvgIpc) is 2.70. The number of anilines is 1. The predicted octanol–water partition coefficient (Wildman–Crippen LogP) is 1.31. The number of hydrogen-bond acceptors (Lipinski definition) is 5. The van der Waals surface area contributed by atoms with Gasteiger partial charge in [-0.05, 0) is 33.6 Å². The molecule has 1 unspecified atom stereocenters. The van der Waals surface area contributed by atoms with E-state index in [4.69, 9.17) is 4.74 Å². The maximum Gasteiger partial charge on any atom is 0.326 e. The first kappa shape index (κ1) is 19.0. The van der Waals surface area contributed by atoms with Gasteiger partial charge in [-0.3, -0.25) is 19.1 Å². The van der Waals surface area contributed by atoms with Crippen molar-refractivity contribution in [3.05, 3.63) is 11.4 Å². The van der Waals surface area contributed by atoms with Gasteiger partial charge < -0.3 is 15.0 Å². The molecule has 25 heavy (non-hydrogen) atoms. The molecule has 8 heteroatoms. The summed E-state index contributed by atoms with van der Waals surface area (Å²) >= 11 is 0. The quantitative estimate of drug-likeness (QED) is 0.808. The monoisotopic (exact) mass is 350 g/mol. The van der Waals surface area contributed by atoms with E-state index in [0.717, 1.165) is 25.0 Å². The normalized spacial score (nSPS) is 16.3. The second-order valence-electron chi connectivity index (χ2n) is 6.42. The van der Waals surface area contributed by atoms with Crippen molar-refractivity contribution < 1.29 is 19.1 Å². The number of amides is 2. The molecule has 0 aromatic carbocycles. The maximum atomic E-state index is 12.3. The molecule has 1 aromatic heterocycles. The van der Waals surface area contributed by atoms with Crippen molar-refractivity contribution in [2.75, 3.05) is 18.4 Å². The van der Waals surface area contributed by atoms with Crippen molar-refractivity contribution >= 4 is 23.5 Å². The predicted molar refractivity (Wildman–Crippen MR) is 91.9 cm³/mol. The van der Waals surface area contributed by atoms with Gasteiger partial charge in [-0.2, -0.15) is 5.10 Å². The Bertz CT molecular complexity index is 668. The zero-order chi connectivity index (χ0) is 18.6. The van der Waals surface area contributed by atoms with Crippen molar-refractivity contribution in [1.82, 2.24) is 14.7 Å². The lowest BCUT2D eigenvalue weighted by Crippen LogP contribution is -2.38. The van der Waals surface area contributed by atoms with E-state index in [2.05, 4.69) is 10.4 Å². The highest BCUT2D eigenvalue weighted by Crippen LogP contribution is 2.18. The Kier molecular flexibility index (Phi) is 6.17. The van der Waals surface area contributed by atoms with Gasteiger partial charge in [0.2, 0.25) is 5.91 Å². The number of likely N-dealkylation sites (tertiary alicyclic amines) is 1. The van der Waals surface area contributed by atoms with E-state index in [0.29, 0.717) is 24.3 Å². The van der Waals surface area contributed by atoms with Crippen molar-refractivity contribution in [3.8, 4) is 0 Å². The third kappa shape index (κ3) is 4.80. The van der Waals surface area contributed by atoms with Crippen molar-refractivity contribution in [3.63, 3.8) is 0 Å². The Labute approximate surface area is 147 Å². The van der Waals surface area contributed by atoms with Crippen LogP contribution in [0.15, 0.2) is 0 Å². The minimum absolute atomic E-state index is 0.0341. The van der Waals surface area contributed by atoms with Crippen LogP contribution >= 0.6 is 0 Å². The molecular weight excluding hydrogens is 324 g/mol. The van der Waals surface area contributed by atoms with Crippen LogP contribution in [0.4, 0.5) is 5.69 Å². The maximum absolute atomic E-state index is 12.3. The summed E-state index contributed by atoms with van der Waals surface area (Å²) in [4.78, 5) is 37.8. The van der Waals surface area contributed by atoms with Gasteiger partial charge in [-0.1, -0.05) is 6.42 Å². The molecule has 1 atom stereocenters. The summed E-state index contributed by atoms with van der Waals surface area (Å²) in [5, 5.41) is 6.98. The van der Waals surface area contributed by atoms with E-state index in [1.54, 1.807) is 18.7 Å². The first-order valence-corrected chi connectivity index (χ1v) is 8.58. The molecule has 1 fully saturated rings. The van der Waals surface area contributed by atoms with E-state index in [1.807, 2.05) is 6.92 Å². The van der Waals surface area contributed by atoms with E-state index < -0.39 is 18.0 Å². The third-order valence-corrected chi connectivity index (χ3v) is 4.43. The van der Waals surface area contributed by atoms with Gasteiger partial charge in [0.25, 0.3) is 5.91 Å². The minimum Gasteiger partial charge on any atom is -0.451 e.